The van der Waals surface area contributed by atoms with E-state index in [4.69, 9.17) is 10.1 Å². The molecule has 0 radical (unpaired) electrons. The zero-order valence-corrected chi connectivity index (χ0v) is 19.2. The third-order valence-electron chi connectivity index (χ3n) is 5.51. The molecule has 1 aromatic carbocycles. The fourth-order valence-corrected chi connectivity index (χ4v) is 4.36. The number of hydrogen-bond acceptors (Lipinski definition) is 4. The predicted molar refractivity (Wildman–Crippen MR) is 127 cm³/mol. The van der Waals surface area contributed by atoms with Crippen molar-refractivity contribution >= 4 is 23.2 Å². The van der Waals surface area contributed by atoms with E-state index in [1.165, 1.54) is 36.0 Å². The van der Waals surface area contributed by atoms with E-state index >= 15 is 0 Å². The van der Waals surface area contributed by atoms with Crippen molar-refractivity contribution in [3.05, 3.63) is 58.7 Å². The van der Waals surface area contributed by atoms with Crippen LogP contribution in [-0.4, -0.2) is 28.2 Å². The standard InChI is InChI=1S/C24H34N4S/c1-6-10-23-26-19(4)24-18(3)15-22(27-28(23)24)21-16-20(13-12-17(21)2)11-8-7-9-14-25-29-5/h12-13,16,25H,3,6-11,14-15H2,1-2,4-5H3. The highest BCUT2D eigenvalue weighted by atomic mass is 32.2. The predicted octanol–water partition coefficient (Wildman–Crippen LogP) is 5.70. The van der Waals surface area contributed by atoms with E-state index in [1.54, 1.807) is 11.9 Å². The molecule has 4 nitrogen and oxygen atoms in total. The number of hydrogen-bond donors (Lipinski definition) is 1. The molecule has 1 aliphatic rings. The number of nitrogens with zero attached hydrogens (tertiary/aromatic N) is 3. The second-order valence-electron chi connectivity index (χ2n) is 7.91. The molecule has 1 N–H and O–H groups in total. The first-order valence-corrected chi connectivity index (χ1v) is 12.0. The number of allylic oxidation sites excluding steroid dienone is 1. The Kier molecular flexibility index (Phi) is 7.73. The molecule has 5 heteroatoms. The van der Waals surface area contributed by atoms with E-state index in [1.807, 2.05) is 4.68 Å². The number of aryl methyl sites for hydroxylation is 4. The number of benzene rings is 1. The van der Waals surface area contributed by atoms with Gasteiger partial charge in [-0.25, -0.2) is 9.66 Å². The van der Waals surface area contributed by atoms with E-state index in [2.05, 4.69) is 56.5 Å². The summed E-state index contributed by atoms with van der Waals surface area (Å²) >= 11 is 1.70. The topological polar surface area (TPSA) is 42.2 Å². The SMILES string of the molecule is C=C1CC(c2cc(CCCCCNSC)ccc2C)=Nn2c(CCC)nc(C)c21. The van der Waals surface area contributed by atoms with E-state index < -0.39 is 0 Å². The summed E-state index contributed by atoms with van der Waals surface area (Å²) in [5.74, 6) is 1.05. The molecule has 2 heterocycles. The van der Waals surface area contributed by atoms with Crippen LogP contribution in [-0.2, 0) is 12.8 Å². The van der Waals surface area contributed by atoms with Crippen LogP contribution in [0.3, 0.4) is 0 Å². The molecule has 156 valence electrons. The van der Waals surface area contributed by atoms with Gasteiger partial charge in [-0.2, -0.15) is 5.10 Å². The molecule has 0 amide bonds. The normalized spacial score (nSPS) is 13.5. The van der Waals surface area contributed by atoms with E-state index in [-0.39, 0.29) is 0 Å². The lowest BCUT2D eigenvalue weighted by Crippen LogP contribution is -2.16. The van der Waals surface area contributed by atoms with Gasteiger partial charge in [0, 0.05) is 24.9 Å². The van der Waals surface area contributed by atoms with Crippen molar-refractivity contribution in [1.82, 2.24) is 14.4 Å². The van der Waals surface area contributed by atoms with Crippen LogP contribution in [0.2, 0.25) is 0 Å². The van der Waals surface area contributed by atoms with E-state index in [9.17, 15) is 0 Å². The molecular weight excluding hydrogens is 376 g/mol. The molecule has 0 spiro atoms. The lowest BCUT2D eigenvalue weighted by atomic mass is 9.93. The van der Waals surface area contributed by atoms with Crippen molar-refractivity contribution in [3.63, 3.8) is 0 Å². The molecule has 0 saturated heterocycles. The largest absolute Gasteiger partial charge is 0.264 e. The first kappa shape index (κ1) is 21.8. The van der Waals surface area contributed by atoms with Crippen LogP contribution < -0.4 is 4.72 Å². The maximum Gasteiger partial charge on any atom is 0.130 e. The van der Waals surface area contributed by atoms with Crippen molar-refractivity contribution in [2.24, 2.45) is 5.10 Å². The summed E-state index contributed by atoms with van der Waals surface area (Å²) in [6.45, 7) is 11.9. The summed E-state index contributed by atoms with van der Waals surface area (Å²) in [5, 5.41) is 5.04. The maximum atomic E-state index is 5.04. The maximum absolute atomic E-state index is 5.04. The van der Waals surface area contributed by atoms with Gasteiger partial charge in [-0.1, -0.05) is 44.0 Å². The van der Waals surface area contributed by atoms with Crippen LogP contribution in [0, 0.1) is 13.8 Å². The Balaban J connectivity index is 1.80. The quantitative estimate of drug-likeness (QED) is 0.403. The molecule has 0 fully saturated rings. The minimum atomic E-state index is 0.794. The van der Waals surface area contributed by atoms with Crippen LogP contribution in [0.5, 0.6) is 0 Å². The number of nitrogens with one attached hydrogen (secondary N) is 1. The Morgan fingerprint density at radius 3 is 2.76 bits per heavy atom. The fraction of sp³-hybridized carbons (Fsp3) is 0.500. The van der Waals surface area contributed by atoms with Gasteiger partial charge in [-0.05, 0) is 68.6 Å². The van der Waals surface area contributed by atoms with Gasteiger partial charge in [0.25, 0.3) is 0 Å². The van der Waals surface area contributed by atoms with Crippen molar-refractivity contribution < 1.29 is 0 Å². The summed E-state index contributed by atoms with van der Waals surface area (Å²) < 4.78 is 5.37. The molecule has 1 aromatic heterocycles. The van der Waals surface area contributed by atoms with Crippen LogP contribution in [0.1, 0.15) is 72.9 Å². The average molecular weight is 411 g/mol. The Hall–Kier alpha value is -1.85. The zero-order chi connectivity index (χ0) is 20.8. The van der Waals surface area contributed by atoms with Gasteiger partial charge >= 0.3 is 0 Å². The number of aromatic nitrogens is 2. The second kappa shape index (κ2) is 10.3. The molecule has 3 rings (SSSR count). The number of fused-ring (bicyclic) bond motifs is 1. The molecule has 2 aromatic rings. The molecule has 0 atom stereocenters. The van der Waals surface area contributed by atoms with Gasteiger partial charge in [0.2, 0.25) is 0 Å². The fourth-order valence-electron chi connectivity index (χ4n) is 4.01. The van der Waals surface area contributed by atoms with Crippen molar-refractivity contribution in [3.8, 4) is 0 Å². The molecule has 1 aliphatic heterocycles. The van der Waals surface area contributed by atoms with Crippen LogP contribution in [0.25, 0.3) is 5.57 Å². The van der Waals surface area contributed by atoms with Crippen molar-refractivity contribution in [2.45, 2.75) is 65.7 Å². The molecule has 0 bridgehead atoms. The van der Waals surface area contributed by atoms with E-state index in [0.29, 0.717) is 0 Å². The highest BCUT2D eigenvalue weighted by Gasteiger charge is 2.23. The number of rotatable bonds is 10. The number of unbranched alkanes of at least 4 members (excludes halogenated alkanes) is 2. The lowest BCUT2D eigenvalue weighted by Gasteiger charge is -2.20. The Morgan fingerprint density at radius 2 is 2.00 bits per heavy atom. The summed E-state index contributed by atoms with van der Waals surface area (Å²) in [7, 11) is 0. The zero-order valence-electron chi connectivity index (χ0n) is 18.3. The van der Waals surface area contributed by atoms with Gasteiger partial charge in [0.1, 0.15) is 5.82 Å². The van der Waals surface area contributed by atoms with Gasteiger partial charge in [-0.3, -0.25) is 4.72 Å². The van der Waals surface area contributed by atoms with Gasteiger partial charge in [-0.15, -0.1) is 0 Å². The Labute approximate surface area is 180 Å². The van der Waals surface area contributed by atoms with Crippen molar-refractivity contribution in [2.75, 3.05) is 12.8 Å². The minimum absolute atomic E-state index is 0.794. The average Bonchev–Trinajstić information content (AvgIpc) is 3.02. The second-order valence-corrected chi connectivity index (χ2v) is 8.61. The van der Waals surface area contributed by atoms with Gasteiger partial charge in [0.05, 0.1) is 17.1 Å². The third-order valence-corrected chi connectivity index (χ3v) is 6.00. The summed E-state index contributed by atoms with van der Waals surface area (Å²) in [4.78, 5) is 4.76. The molecule has 0 saturated carbocycles. The van der Waals surface area contributed by atoms with Crippen LogP contribution in [0.15, 0.2) is 29.9 Å². The van der Waals surface area contributed by atoms with Gasteiger partial charge < -0.3 is 0 Å². The molecular formula is C24H34N4S. The molecule has 0 aliphatic carbocycles. The first-order chi connectivity index (χ1) is 14.0. The highest BCUT2D eigenvalue weighted by molar-refractivity contribution is 7.96. The highest BCUT2D eigenvalue weighted by Crippen LogP contribution is 2.30. The summed E-state index contributed by atoms with van der Waals surface area (Å²) in [6.07, 6.45) is 9.71. The first-order valence-electron chi connectivity index (χ1n) is 10.7. The smallest absolute Gasteiger partial charge is 0.130 e. The Bertz CT molecular complexity index is 895. The Morgan fingerprint density at radius 1 is 1.17 bits per heavy atom. The van der Waals surface area contributed by atoms with E-state index in [0.717, 1.165) is 60.7 Å². The minimum Gasteiger partial charge on any atom is -0.264 e. The lowest BCUT2D eigenvalue weighted by molar-refractivity contribution is 0.673. The van der Waals surface area contributed by atoms with Gasteiger partial charge in [0.15, 0.2) is 0 Å². The number of imidazole rings is 1. The van der Waals surface area contributed by atoms with Crippen molar-refractivity contribution in [1.29, 1.82) is 0 Å². The summed E-state index contributed by atoms with van der Waals surface area (Å²) in [6, 6.07) is 6.86. The summed E-state index contributed by atoms with van der Waals surface area (Å²) in [5.41, 5.74) is 8.31. The molecule has 0 unspecified atom stereocenters. The van der Waals surface area contributed by atoms with Crippen LogP contribution in [0.4, 0.5) is 0 Å². The van der Waals surface area contributed by atoms with Crippen LogP contribution >= 0.6 is 11.9 Å². The molecule has 29 heavy (non-hydrogen) atoms. The monoisotopic (exact) mass is 410 g/mol. The third kappa shape index (κ3) is 5.20.